The summed E-state index contributed by atoms with van der Waals surface area (Å²) in [5.41, 5.74) is 7.22. The second-order valence-electron chi connectivity index (χ2n) is 9.10. The van der Waals surface area contributed by atoms with Gasteiger partial charge >= 0.3 is 0 Å². The van der Waals surface area contributed by atoms with Crippen LogP contribution < -0.4 is 0 Å². The molecule has 3 aromatic heterocycles. The topological polar surface area (TPSA) is 22.8 Å². The summed E-state index contributed by atoms with van der Waals surface area (Å²) in [4.78, 5) is 5.23. The zero-order valence-corrected chi connectivity index (χ0v) is 19.2. The number of fused-ring (bicyclic) bond motifs is 6. The summed E-state index contributed by atoms with van der Waals surface area (Å²) in [6.07, 6.45) is 0. The van der Waals surface area contributed by atoms with Gasteiger partial charge in [-0.2, -0.15) is 0 Å². The Kier molecular flexibility index (Phi) is 3.97. The highest BCUT2D eigenvalue weighted by atomic mass is 15.1. The maximum atomic E-state index is 5.23. The molecule has 0 aliphatic rings. The SMILES string of the molecule is Cc1ccc2c(c1)c1ccccc1n2-c1cccc(-n2c3ccccc3c3cc(C)ccc32)n1. The molecule has 34 heavy (non-hydrogen) atoms. The number of nitrogens with zero attached hydrogens (tertiary/aromatic N) is 3. The Balaban J connectivity index is 1.54. The number of rotatable bonds is 2. The lowest BCUT2D eigenvalue weighted by atomic mass is 10.1. The lowest BCUT2D eigenvalue weighted by molar-refractivity contribution is 1.01. The van der Waals surface area contributed by atoms with Crippen LogP contribution in [0, 0.1) is 13.8 Å². The maximum Gasteiger partial charge on any atom is 0.140 e. The van der Waals surface area contributed by atoms with E-state index in [0.717, 1.165) is 11.6 Å². The van der Waals surface area contributed by atoms with E-state index in [2.05, 4.69) is 126 Å². The average Bonchev–Trinajstić information content (AvgIpc) is 3.36. The first-order chi connectivity index (χ1) is 16.7. The minimum atomic E-state index is 0.922. The van der Waals surface area contributed by atoms with Crippen molar-refractivity contribution in [3.8, 4) is 11.6 Å². The Labute approximate surface area is 197 Å². The van der Waals surface area contributed by atoms with E-state index < -0.39 is 0 Å². The van der Waals surface area contributed by atoms with E-state index in [1.54, 1.807) is 0 Å². The Bertz CT molecular complexity index is 1750. The smallest absolute Gasteiger partial charge is 0.140 e. The fraction of sp³-hybridized carbons (Fsp3) is 0.0645. The summed E-state index contributed by atoms with van der Waals surface area (Å²) in [6, 6.07) is 36.8. The van der Waals surface area contributed by atoms with E-state index in [0.29, 0.717) is 0 Å². The Morgan fingerprint density at radius 1 is 0.441 bits per heavy atom. The highest BCUT2D eigenvalue weighted by molar-refractivity contribution is 6.10. The molecule has 0 saturated carbocycles. The van der Waals surface area contributed by atoms with Crippen molar-refractivity contribution in [1.82, 2.24) is 14.1 Å². The van der Waals surface area contributed by atoms with E-state index in [-0.39, 0.29) is 0 Å². The molecule has 0 saturated heterocycles. The molecule has 0 spiro atoms. The van der Waals surface area contributed by atoms with Gasteiger partial charge in [0.05, 0.1) is 22.1 Å². The van der Waals surface area contributed by atoms with Crippen LogP contribution in [-0.2, 0) is 0 Å². The van der Waals surface area contributed by atoms with Crippen molar-refractivity contribution >= 4 is 43.6 Å². The van der Waals surface area contributed by atoms with Crippen molar-refractivity contribution < 1.29 is 0 Å². The van der Waals surface area contributed by atoms with Crippen molar-refractivity contribution in [3.05, 3.63) is 114 Å². The van der Waals surface area contributed by atoms with Gasteiger partial charge in [0, 0.05) is 21.5 Å². The Hall–Kier alpha value is -4.37. The van der Waals surface area contributed by atoms with Crippen LogP contribution in [0.2, 0.25) is 0 Å². The number of pyridine rings is 1. The summed E-state index contributed by atoms with van der Waals surface area (Å²) in [5.74, 6) is 1.84. The van der Waals surface area contributed by atoms with E-state index in [9.17, 15) is 0 Å². The van der Waals surface area contributed by atoms with Crippen LogP contribution >= 0.6 is 0 Å². The standard InChI is InChI=1S/C31H23N3/c1-20-14-16-28-24(18-20)22-8-3-5-10-26(22)33(28)30-12-7-13-31(32-30)34-27-11-6-4-9-23(27)25-19-21(2)15-17-29(25)34/h3-19H,1-2H3. The Morgan fingerprint density at radius 2 is 0.882 bits per heavy atom. The monoisotopic (exact) mass is 437 g/mol. The molecule has 3 heterocycles. The molecule has 0 amide bonds. The number of aryl methyl sites for hydroxylation is 2. The molecule has 0 N–H and O–H groups in total. The normalized spacial score (nSPS) is 11.8. The second-order valence-corrected chi connectivity index (χ2v) is 9.10. The van der Waals surface area contributed by atoms with Gasteiger partial charge < -0.3 is 0 Å². The van der Waals surface area contributed by atoms with Gasteiger partial charge in [-0.25, -0.2) is 4.98 Å². The van der Waals surface area contributed by atoms with Crippen molar-refractivity contribution in [3.63, 3.8) is 0 Å². The number of aromatic nitrogens is 3. The molecule has 0 unspecified atom stereocenters. The third kappa shape index (κ3) is 2.67. The minimum absolute atomic E-state index is 0.922. The highest BCUT2D eigenvalue weighted by Crippen LogP contribution is 2.34. The molecule has 0 aliphatic carbocycles. The molecule has 7 aromatic rings. The van der Waals surface area contributed by atoms with E-state index in [1.165, 1.54) is 54.7 Å². The van der Waals surface area contributed by atoms with E-state index in [1.807, 2.05) is 0 Å². The largest absolute Gasteiger partial charge is 0.294 e. The van der Waals surface area contributed by atoms with Crippen LogP contribution in [-0.4, -0.2) is 14.1 Å². The van der Waals surface area contributed by atoms with Crippen LogP contribution in [0.3, 0.4) is 0 Å². The molecule has 3 nitrogen and oxygen atoms in total. The van der Waals surface area contributed by atoms with Gasteiger partial charge in [0.1, 0.15) is 11.6 Å². The van der Waals surface area contributed by atoms with E-state index in [4.69, 9.17) is 4.98 Å². The molecule has 0 radical (unpaired) electrons. The zero-order chi connectivity index (χ0) is 22.8. The third-order valence-electron chi connectivity index (χ3n) is 6.83. The molecular weight excluding hydrogens is 414 g/mol. The zero-order valence-electron chi connectivity index (χ0n) is 19.2. The van der Waals surface area contributed by atoms with Crippen LogP contribution in [0.1, 0.15) is 11.1 Å². The van der Waals surface area contributed by atoms with Crippen LogP contribution in [0.4, 0.5) is 0 Å². The summed E-state index contributed by atoms with van der Waals surface area (Å²) in [7, 11) is 0. The molecule has 162 valence electrons. The minimum Gasteiger partial charge on any atom is -0.294 e. The van der Waals surface area contributed by atoms with Crippen molar-refractivity contribution in [2.75, 3.05) is 0 Å². The number of para-hydroxylation sites is 2. The first kappa shape index (κ1) is 19.1. The van der Waals surface area contributed by atoms with Crippen LogP contribution in [0.15, 0.2) is 103 Å². The van der Waals surface area contributed by atoms with Crippen LogP contribution in [0.25, 0.3) is 55.2 Å². The lowest BCUT2D eigenvalue weighted by Crippen LogP contribution is -2.03. The van der Waals surface area contributed by atoms with Gasteiger partial charge in [0.15, 0.2) is 0 Å². The number of benzene rings is 4. The van der Waals surface area contributed by atoms with Gasteiger partial charge in [-0.05, 0) is 62.4 Å². The van der Waals surface area contributed by atoms with Crippen molar-refractivity contribution in [2.24, 2.45) is 0 Å². The first-order valence-corrected chi connectivity index (χ1v) is 11.7. The van der Waals surface area contributed by atoms with Crippen molar-refractivity contribution in [2.45, 2.75) is 13.8 Å². The molecule has 7 rings (SSSR count). The molecule has 0 atom stereocenters. The first-order valence-electron chi connectivity index (χ1n) is 11.7. The molecular formula is C31H23N3. The predicted octanol–water partition coefficient (Wildman–Crippen LogP) is 7.89. The summed E-state index contributed by atoms with van der Waals surface area (Å²) < 4.78 is 4.57. The maximum absolute atomic E-state index is 5.23. The molecule has 0 aliphatic heterocycles. The summed E-state index contributed by atoms with van der Waals surface area (Å²) in [6.45, 7) is 4.29. The predicted molar refractivity (Wildman–Crippen MR) is 142 cm³/mol. The fourth-order valence-corrected chi connectivity index (χ4v) is 5.33. The quantitative estimate of drug-likeness (QED) is 0.270. The second kappa shape index (κ2) is 7.06. The lowest BCUT2D eigenvalue weighted by Gasteiger charge is -2.11. The molecule has 0 fully saturated rings. The highest BCUT2D eigenvalue weighted by Gasteiger charge is 2.16. The van der Waals surface area contributed by atoms with Gasteiger partial charge in [-0.1, -0.05) is 65.7 Å². The Morgan fingerprint density at radius 3 is 1.38 bits per heavy atom. The molecule has 4 aromatic carbocycles. The fourth-order valence-electron chi connectivity index (χ4n) is 5.33. The average molecular weight is 438 g/mol. The van der Waals surface area contributed by atoms with Gasteiger partial charge in [-0.3, -0.25) is 9.13 Å². The summed E-state index contributed by atoms with van der Waals surface area (Å²) >= 11 is 0. The summed E-state index contributed by atoms with van der Waals surface area (Å²) in [5, 5.41) is 5.02. The molecule has 0 bridgehead atoms. The van der Waals surface area contributed by atoms with Gasteiger partial charge in [0.25, 0.3) is 0 Å². The molecule has 3 heteroatoms. The number of hydrogen-bond donors (Lipinski definition) is 0. The van der Waals surface area contributed by atoms with Gasteiger partial charge in [0.2, 0.25) is 0 Å². The van der Waals surface area contributed by atoms with Gasteiger partial charge in [-0.15, -0.1) is 0 Å². The third-order valence-corrected chi connectivity index (χ3v) is 6.83. The van der Waals surface area contributed by atoms with Crippen molar-refractivity contribution in [1.29, 1.82) is 0 Å². The van der Waals surface area contributed by atoms with Crippen LogP contribution in [0.5, 0.6) is 0 Å². The van der Waals surface area contributed by atoms with E-state index >= 15 is 0 Å². The number of hydrogen-bond acceptors (Lipinski definition) is 1.